The Balaban J connectivity index is 1.16. The van der Waals surface area contributed by atoms with Crippen LogP contribution in [0.3, 0.4) is 0 Å². The molecule has 1 atom stereocenters. The van der Waals surface area contributed by atoms with Gasteiger partial charge in [-0.15, -0.1) is 0 Å². The van der Waals surface area contributed by atoms with Crippen molar-refractivity contribution in [3.63, 3.8) is 0 Å². The van der Waals surface area contributed by atoms with Crippen molar-refractivity contribution in [2.75, 3.05) is 19.7 Å². The van der Waals surface area contributed by atoms with Crippen molar-refractivity contribution in [1.82, 2.24) is 9.88 Å². The van der Waals surface area contributed by atoms with Gasteiger partial charge in [0.05, 0.1) is 17.7 Å². The van der Waals surface area contributed by atoms with Crippen LogP contribution in [0, 0.1) is 0 Å². The second-order valence-corrected chi connectivity index (χ2v) is 14.4. The number of hydrogen-bond donors (Lipinski definition) is 1. The molecule has 4 aromatic carbocycles. The number of carbonyl (C=O) groups is 2. The molecule has 1 aliphatic carbocycles. The minimum Gasteiger partial charge on any atom is -0.489 e. The molecule has 0 unspecified atom stereocenters. The molecule has 1 aliphatic rings. The summed E-state index contributed by atoms with van der Waals surface area (Å²) in [5.74, 6) is -0.650. The highest BCUT2D eigenvalue weighted by Crippen LogP contribution is 2.35. The van der Waals surface area contributed by atoms with Crippen LogP contribution in [0.4, 0.5) is 13.2 Å². The van der Waals surface area contributed by atoms with Crippen LogP contribution in [0.25, 0.3) is 11.1 Å². The maximum Gasteiger partial charge on any atom is 0.416 e. The lowest BCUT2D eigenvalue weighted by Crippen LogP contribution is -2.35. The number of para-hydroxylation sites is 1. The Labute approximate surface area is 330 Å². The monoisotopic (exact) mass is 784 g/mol. The number of carbonyl (C=O) groups excluding carboxylic acids is 1. The normalized spacial score (nSPS) is 14.0. The lowest BCUT2D eigenvalue weighted by molar-refractivity contribution is -0.137. The number of carboxylic acid groups (broad SMARTS) is 1. The van der Waals surface area contributed by atoms with Crippen molar-refractivity contribution in [3.05, 3.63) is 153 Å². The molecule has 0 bridgehead atoms. The topological polar surface area (TPSA) is 89.0 Å². The third-order valence-electron chi connectivity index (χ3n) is 10.2. The van der Waals surface area contributed by atoms with Crippen LogP contribution in [0.2, 0.25) is 5.02 Å². The van der Waals surface area contributed by atoms with Crippen molar-refractivity contribution < 1.29 is 37.3 Å². The first kappa shape index (κ1) is 40.5. The first-order valence-corrected chi connectivity index (χ1v) is 19.3. The molecule has 6 rings (SSSR count). The van der Waals surface area contributed by atoms with Crippen LogP contribution in [0.1, 0.15) is 93.0 Å². The molecule has 1 heterocycles. The number of alkyl halides is 3. The first-order valence-electron chi connectivity index (χ1n) is 18.9. The van der Waals surface area contributed by atoms with Gasteiger partial charge >= 0.3 is 18.1 Å². The van der Waals surface area contributed by atoms with Crippen molar-refractivity contribution in [2.24, 2.45) is 0 Å². The Kier molecular flexibility index (Phi) is 13.5. The molecule has 0 saturated carbocycles. The second kappa shape index (κ2) is 18.6. The maximum atomic E-state index is 13.1. The highest BCUT2D eigenvalue weighted by molar-refractivity contribution is 6.31. The van der Waals surface area contributed by atoms with Gasteiger partial charge in [-0.25, -0.2) is 14.6 Å². The van der Waals surface area contributed by atoms with Crippen LogP contribution in [-0.2, 0) is 36.8 Å². The van der Waals surface area contributed by atoms with Crippen molar-refractivity contribution in [3.8, 4) is 16.9 Å². The fraction of sp³-hybridized carbons (Fsp3) is 0.311. The number of carboxylic acids is 1. The van der Waals surface area contributed by atoms with E-state index in [1.807, 2.05) is 73.7 Å². The summed E-state index contributed by atoms with van der Waals surface area (Å²) < 4.78 is 50.9. The molecule has 0 saturated heterocycles. The molecule has 1 aromatic heterocycles. The van der Waals surface area contributed by atoms with Gasteiger partial charge in [0.25, 0.3) is 0 Å². The van der Waals surface area contributed by atoms with E-state index in [4.69, 9.17) is 21.1 Å². The van der Waals surface area contributed by atoms with Crippen LogP contribution < -0.4 is 4.74 Å². The fourth-order valence-electron chi connectivity index (χ4n) is 7.00. The molecule has 0 radical (unpaired) electrons. The van der Waals surface area contributed by atoms with E-state index >= 15 is 0 Å². The lowest BCUT2D eigenvalue weighted by atomic mass is 9.89. The number of unbranched alkanes of at least 4 members (excludes halogenated alkanes) is 1. The lowest BCUT2D eigenvalue weighted by Gasteiger charge is -2.36. The molecule has 0 aliphatic heterocycles. The number of hydrogen-bond acceptors (Lipinski definition) is 6. The quantitative estimate of drug-likeness (QED) is 0.0787. The number of nitrogens with zero attached hydrogens (tertiary/aromatic N) is 2. The zero-order chi connectivity index (χ0) is 39.7. The molecular weight excluding hydrogens is 741 g/mol. The molecule has 7 nitrogen and oxygen atoms in total. The SMILES string of the molecule is CCCCOC(=O)c1ccc(CCN(CCc2ccccc2OCc2ccc(-c3ccc(C(F)(F)F)cc3)cc2Cl)[C@H]2CCCc3nc(C(=O)O)ccc32)cc1. The number of rotatable bonds is 16. The summed E-state index contributed by atoms with van der Waals surface area (Å²) in [5, 5.41) is 10.0. The molecule has 56 heavy (non-hydrogen) atoms. The molecule has 1 N–H and O–H groups in total. The van der Waals surface area contributed by atoms with Crippen molar-refractivity contribution >= 4 is 23.5 Å². The highest BCUT2D eigenvalue weighted by Gasteiger charge is 2.30. The Morgan fingerprint density at radius 2 is 1.62 bits per heavy atom. The number of aryl methyl sites for hydroxylation is 1. The molecule has 0 fully saturated rings. The largest absolute Gasteiger partial charge is 0.489 e. The number of ether oxygens (including phenoxy) is 2. The zero-order valence-corrected chi connectivity index (χ0v) is 31.9. The Bertz CT molecular complexity index is 2120. The number of aromatic nitrogens is 1. The van der Waals surface area contributed by atoms with E-state index in [0.717, 1.165) is 85.2 Å². The fourth-order valence-corrected chi connectivity index (χ4v) is 7.23. The molecule has 11 heteroatoms. The minimum atomic E-state index is -4.40. The smallest absolute Gasteiger partial charge is 0.416 e. The van der Waals surface area contributed by atoms with Crippen molar-refractivity contribution in [2.45, 2.75) is 70.7 Å². The van der Waals surface area contributed by atoms with Crippen LogP contribution >= 0.6 is 11.6 Å². The summed E-state index contributed by atoms with van der Waals surface area (Å²) in [6, 6.07) is 29.3. The summed E-state index contributed by atoms with van der Waals surface area (Å²) in [6.07, 6.45) is 1.29. The molecule has 0 spiro atoms. The van der Waals surface area contributed by atoms with E-state index in [9.17, 15) is 27.9 Å². The Hall–Kier alpha value is -5.19. The van der Waals surface area contributed by atoms with E-state index < -0.39 is 17.7 Å². The predicted octanol–water partition coefficient (Wildman–Crippen LogP) is 10.8. The minimum absolute atomic E-state index is 0.0389. The third-order valence-corrected chi connectivity index (χ3v) is 10.5. The summed E-state index contributed by atoms with van der Waals surface area (Å²) in [7, 11) is 0. The molecule has 5 aromatic rings. The third kappa shape index (κ3) is 10.4. The van der Waals surface area contributed by atoms with Gasteiger partial charge in [-0.2, -0.15) is 13.2 Å². The summed E-state index contributed by atoms with van der Waals surface area (Å²) in [6.45, 7) is 4.06. The van der Waals surface area contributed by atoms with E-state index in [1.54, 1.807) is 12.1 Å². The second-order valence-electron chi connectivity index (χ2n) is 13.9. The first-order chi connectivity index (χ1) is 27.0. The van der Waals surface area contributed by atoms with Gasteiger partial charge in [0.2, 0.25) is 0 Å². The number of pyridine rings is 1. The summed E-state index contributed by atoms with van der Waals surface area (Å²) in [5.41, 5.74) is 5.89. The van der Waals surface area contributed by atoms with Crippen LogP contribution in [0.15, 0.2) is 103 Å². The molecule has 292 valence electrons. The van der Waals surface area contributed by atoms with Gasteiger partial charge in [-0.3, -0.25) is 4.90 Å². The molecule has 0 amide bonds. The van der Waals surface area contributed by atoms with Gasteiger partial charge in [0.15, 0.2) is 0 Å². The maximum absolute atomic E-state index is 13.1. The van der Waals surface area contributed by atoms with E-state index in [-0.39, 0.29) is 24.3 Å². The van der Waals surface area contributed by atoms with E-state index in [2.05, 4.69) is 9.88 Å². The summed E-state index contributed by atoms with van der Waals surface area (Å²) in [4.78, 5) is 31.1. The highest BCUT2D eigenvalue weighted by atomic mass is 35.5. The van der Waals surface area contributed by atoms with Gasteiger partial charge in [-0.1, -0.05) is 85.6 Å². The van der Waals surface area contributed by atoms with E-state index in [0.29, 0.717) is 47.0 Å². The number of esters is 1. The predicted molar refractivity (Wildman–Crippen MR) is 210 cm³/mol. The average molecular weight is 785 g/mol. The van der Waals surface area contributed by atoms with Gasteiger partial charge in [0, 0.05) is 35.4 Å². The van der Waals surface area contributed by atoms with Crippen LogP contribution in [-0.4, -0.2) is 46.6 Å². The van der Waals surface area contributed by atoms with Gasteiger partial charge < -0.3 is 14.6 Å². The van der Waals surface area contributed by atoms with Gasteiger partial charge in [0.1, 0.15) is 18.1 Å². The number of aromatic carboxylic acids is 1. The average Bonchev–Trinajstić information content (AvgIpc) is 3.20. The zero-order valence-electron chi connectivity index (χ0n) is 31.2. The number of halogens is 4. The molecular formula is C45H44ClF3N2O5. The van der Waals surface area contributed by atoms with Crippen LogP contribution in [0.5, 0.6) is 5.75 Å². The van der Waals surface area contributed by atoms with Crippen molar-refractivity contribution in [1.29, 1.82) is 0 Å². The Morgan fingerprint density at radius 1 is 0.893 bits per heavy atom. The number of benzene rings is 4. The van der Waals surface area contributed by atoms with E-state index in [1.165, 1.54) is 12.1 Å². The standard InChI is InChI=1S/C45H44ClF3N2O5/c1-2-3-27-55-44(54)33-13-11-30(12-14-33)23-25-51(41-9-6-8-39-37(41)21-22-40(50-39)43(52)53)26-24-32-7-4-5-10-42(32)56-29-35-16-15-34(28-38(35)46)31-17-19-36(20-18-31)45(47,48)49/h4-5,7,10-22,28,41H,2-3,6,8-9,23-27,29H2,1H3,(H,52,53)/t41-/m0/s1. The summed E-state index contributed by atoms with van der Waals surface area (Å²) >= 11 is 6.65. The number of fused-ring (bicyclic) bond motifs is 1. The Morgan fingerprint density at radius 3 is 2.34 bits per heavy atom. The van der Waals surface area contributed by atoms with Gasteiger partial charge in [-0.05, 0) is 109 Å².